The molecule has 0 aliphatic carbocycles. The molecule has 1 aliphatic heterocycles. The summed E-state index contributed by atoms with van der Waals surface area (Å²) in [6.07, 6.45) is 1.93. The maximum Gasteiger partial charge on any atom is 0.256 e. The van der Waals surface area contributed by atoms with Gasteiger partial charge in [-0.25, -0.2) is 18.1 Å². The standard InChI is InChI=1S/C14H22N4O4S/c1-9(16-23(4,21)22)13(19)18-7-5-11-12(6-8-18)15-10(2)17(3)14(11)20/h9,16H,5-8H2,1-4H3/t9-/m0/s1. The molecule has 0 aromatic carbocycles. The number of nitrogens with one attached hydrogen (secondary N) is 1. The SMILES string of the molecule is Cc1nc2c(c(=O)n1C)CCN(C(=O)[C@H](C)NS(C)(=O)=O)CC2. The van der Waals surface area contributed by atoms with Gasteiger partial charge in [-0.2, -0.15) is 0 Å². The van der Waals surface area contributed by atoms with Gasteiger partial charge in [-0.15, -0.1) is 0 Å². The van der Waals surface area contributed by atoms with E-state index in [1.165, 1.54) is 11.5 Å². The largest absolute Gasteiger partial charge is 0.341 e. The van der Waals surface area contributed by atoms with Gasteiger partial charge in [-0.05, 0) is 20.3 Å². The van der Waals surface area contributed by atoms with Gasteiger partial charge < -0.3 is 4.90 Å². The Kier molecular flexibility index (Phi) is 4.90. The Balaban J connectivity index is 2.18. The molecule has 0 bridgehead atoms. The lowest BCUT2D eigenvalue weighted by Crippen LogP contribution is -2.47. The topological polar surface area (TPSA) is 101 Å². The molecule has 0 saturated carbocycles. The van der Waals surface area contributed by atoms with Crippen molar-refractivity contribution in [3.05, 3.63) is 27.4 Å². The van der Waals surface area contributed by atoms with Gasteiger partial charge in [0, 0.05) is 32.1 Å². The first kappa shape index (κ1) is 17.6. The highest BCUT2D eigenvalue weighted by Crippen LogP contribution is 2.12. The third-order valence-corrected chi connectivity index (χ3v) is 4.80. The summed E-state index contributed by atoms with van der Waals surface area (Å²) in [5.74, 6) is 0.345. The fourth-order valence-electron chi connectivity index (χ4n) is 2.73. The maximum absolute atomic E-state index is 12.4. The van der Waals surface area contributed by atoms with Crippen LogP contribution in [0.3, 0.4) is 0 Å². The number of amides is 1. The number of hydrogen-bond donors (Lipinski definition) is 1. The van der Waals surface area contributed by atoms with E-state index in [2.05, 4.69) is 9.71 Å². The summed E-state index contributed by atoms with van der Waals surface area (Å²) in [6, 6.07) is -0.830. The Labute approximate surface area is 135 Å². The van der Waals surface area contributed by atoms with E-state index in [0.29, 0.717) is 37.3 Å². The minimum absolute atomic E-state index is 0.0795. The minimum atomic E-state index is -3.45. The van der Waals surface area contributed by atoms with E-state index in [4.69, 9.17) is 0 Å². The number of nitrogens with zero attached hydrogens (tertiary/aromatic N) is 3. The minimum Gasteiger partial charge on any atom is -0.341 e. The van der Waals surface area contributed by atoms with Crippen LogP contribution in [0.25, 0.3) is 0 Å². The maximum atomic E-state index is 12.4. The van der Waals surface area contributed by atoms with Crippen molar-refractivity contribution in [1.82, 2.24) is 19.2 Å². The first-order valence-corrected chi connectivity index (χ1v) is 9.30. The number of rotatable bonds is 3. The molecular formula is C14H22N4O4S. The molecule has 0 radical (unpaired) electrons. The van der Waals surface area contributed by atoms with Crippen LogP contribution in [0.4, 0.5) is 0 Å². The Morgan fingerprint density at radius 1 is 1.30 bits per heavy atom. The van der Waals surface area contributed by atoms with Crippen molar-refractivity contribution < 1.29 is 13.2 Å². The summed E-state index contributed by atoms with van der Waals surface area (Å²) < 4.78 is 26.3. The van der Waals surface area contributed by atoms with Gasteiger partial charge in [0.25, 0.3) is 5.56 Å². The predicted molar refractivity (Wildman–Crippen MR) is 85.6 cm³/mol. The van der Waals surface area contributed by atoms with Crippen molar-refractivity contribution in [3.8, 4) is 0 Å². The van der Waals surface area contributed by atoms with Crippen LogP contribution in [-0.2, 0) is 34.7 Å². The van der Waals surface area contributed by atoms with E-state index < -0.39 is 16.1 Å². The number of aromatic nitrogens is 2. The molecule has 9 heteroatoms. The Morgan fingerprint density at radius 2 is 1.91 bits per heavy atom. The van der Waals surface area contributed by atoms with Gasteiger partial charge in [-0.1, -0.05) is 0 Å². The molecule has 1 aromatic rings. The normalized spacial score (nSPS) is 16.6. The van der Waals surface area contributed by atoms with E-state index in [9.17, 15) is 18.0 Å². The second kappa shape index (κ2) is 6.40. The highest BCUT2D eigenvalue weighted by Gasteiger charge is 2.26. The zero-order valence-electron chi connectivity index (χ0n) is 13.8. The number of hydrogen-bond acceptors (Lipinski definition) is 5. The van der Waals surface area contributed by atoms with Crippen molar-refractivity contribution in [1.29, 1.82) is 0 Å². The second-order valence-corrected chi connectivity index (χ2v) is 7.67. The van der Waals surface area contributed by atoms with Crippen LogP contribution in [0.1, 0.15) is 24.0 Å². The lowest BCUT2D eigenvalue weighted by molar-refractivity contribution is -0.132. The molecule has 1 N–H and O–H groups in total. The molecule has 2 heterocycles. The summed E-state index contributed by atoms with van der Waals surface area (Å²) in [5, 5.41) is 0. The molecule has 0 fully saturated rings. The summed E-state index contributed by atoms with van der Waals surface area (Å²) in [7, 11) is -1.77. The van der Waals surface area contributed by atoms with Crippen molar-refractivity contribution >= 4 is 15.9 Å². The molecule has 0 spiro atoms. The first-order chi connectivity index (χ1) is 10.6. The van der Waals surface area contributed by atoms with Gasteiger partial charge in [0.05, 0.1) is 18.0 Å². The molecule has 2 rings (SSSR count). The summed E-state index contributed by atoms with van der Waals surface area (Å²) in [5.41, 5.74) is 1.28. The number of fused-ring (bicyclic) bond motifs is 1. The first-order valence-electron chi connectivity index (χ1n) is 7.41. The highest BCUT2D eigenvalue weighted by molar-refractivity contribution is 7.88. The van der Waals surface area contributed by atoms with Crippen molar-refractivity contribution in [2.24, 2.45) is 7.05 Å². The van der Waals surface area contributed by atoms with Gasteiger partial charge in [0.2, 0.25) is 15.9 Å². The summed E-state index contributed by atoms with van der Waals surface area (Å²) >= 11 is 0. The van der Waals surface area contributed by atoms with Gasteiger partial charge in [-0.3, -0.25) is 14.2 Å². The van der Waals surface area contributed by atoms with Gasteiger partial charge in [0.1, 0.15) is 5.82 Å². The fourth-order valence-corrected chi connectivity index (χ4v) is 3.48. The zero-order chi connectivity index (χ0) is 17.4. The van der Waals surface area contributed by atoms with E-state index in [1.54, 1.807) is 18.9 Å². The van der Waals surface area contributed by atoms with Gasteiger partial charge >= 0.3 is 0 Å². The number of carbonyl (C=O) groups excluding carboxylic acids is 1. The van der Waals surface area contributed by atoms with E-state index in [0.717, 1.165) is 11.9 Å². The Bertz CT molecular complexity index is 785. The van der Waals surface area contributed by atoms with Gasteiger partial charge in [0.15, 0.2) is 0 Å². The molecule has 1 atom stereocenters. The second-order valence-electron chi connectivity index (χ2n) is 5.89. The zero-order valence-corrected chi connectivity index (χ0v) is 14.6. The van der Waals surface area contributed by atoms with Crippen LogP contribution < -0.4 is 10.3 Å². The molecule has 0 saturated heterocycles. The number of carbonyl (C=O) groups is 1. The summed E-state index contributed by atoms with van der Waals surface area (Å²) in [4.78, 5) is 30.7. The average Bonchev–Trinajstić information content (AvgIpc) is 2.65. The molecule has 8 nitrogen and oxygen atoms in total. The van der Waals surface area contributed by atoms with Crippen LogP contribution in [0.15, 0.2) is 4.79 Å². The van der Waals surface area contributed by atoms with Crippen LogP contribution in [0.2, 0.25) is 0 Å². The molecule has 1 aliphatic rings. The third-order valence-electron chi connectivity index (χ3n) is 4.02. The van der Waals surface area contributed by atoms with Crippen molar-refractivity contribution in [3.63, 3.8) is 0 Å². The molecule has 0 unspecified atom stereocenters. The Morgan fingerprint density at radius 3 is 2.52 bits per heavy atom. The lowest BCUT2D eigenvalue weighted by atomic mass is 10.1. The van der Waals surface area contributed by atoms with Crippen molar-refractivity contribution in [2.45, 2.75) is 32.7 Å². The van der Waals surface area contributed by atoms with Crippen molar-refractivity contribution in [2.75, 3.05) is 19.3 Å². The summed E-state index contributed by atoms with van der Waals surface area (Å²) in [6.45, 7) is 4.08. The van der Waals surface area contributed by atoms with E-state index in [1.807, 2.05) is 0 Å². The van der Waals surface area contributed by atoms with Crippen LogP contribution in [-0.4, -0.2) is 54.2 Å². The fraction of sp³-hybridized carbons (Fsp3) is 0.643. The highest BCUT2D eigenvalue weighted by atomic mass is 32.2. The van der Waals surface area contributed by atoms with E-state index in [-0.39, 0.29) is 11.5 Å². The van der Waals surface area contributed by atoms with E-state index >= 15 is 0 Å². The van der Waals surface area contributed by atoms with Crippen LogP contribution in [0.5, 0.6) is 0 Å². The van der Waals surface area contributed by atoms with Crippen LogP contribution >= 0.6 is 0 Å². The number of aryl methyl sites for hydroxylation is 1. The quantitative estimate of drug-likeness (QED) is 0.756. The lowest BCUT2D eigenvalue weighted by Gasteiger charge is -2.24. The smallest absolute Gasteiger partial charge is 0.256 e. The average molecular weight is 342 g/mol. The number of sulfonamides is 1. The Hall–Kier alpha value is -1.74. The third kappa shape index (κ3) is 3.97. The van der Waals surface area contributed by atoms with Crippen LogP contribution in [0, 0.1) is 6.92 Å². The molecule has 128 valence electrons. The molecule has 1 amide bonds. The molecule has 23 heavy (non-hydrogen) atoms. The molecule has 1 aromatic heterocycles. The predicted octanol–water partition coefficient (Wildman–Crippen LogP) is -1.05. The molecular weight excluding hydrogens is 320 g/mol. The monoisotopic (exact) mass is 342 g/mol.